The standard InChI is InChI=1S/C32H29Cl2N3O3S/c1-4-36(5-2)31(39)28-20(3)35-32-37(29(28)22-12-16-25(34)17-13-22)30(38)27(41-32)18-23-8-6-7-9-26(23)40-19-21-10-14-24(33)15-11-21/h6-18,29H,4-5,19H2,1-3H3/b27-18+/t29-/m1/s1. The van der Waals surface area contributed by atoms with Crippen LogP contribution in [0.25, 0.3) is 6.08 Å². The zero-order valence-corrected chi connectivity index (χ0v) is 25.3. The van der Waals surface area contributed by atoms with Crippen LogP contribution in [-0.2, 0) is 11.4 Å². The van der Waals surface area contributed by atoms with Crippen LogP contribution in [0.15, 0.2) is 93.9 Å². The number of fused-ring (bicyclic) bond motifs is 1. The van der Waals surface area contributed by atoms with E-state index in [-0.39, 0.29) is 11.5 Å². The Morgan fingerprint density at radius 3 is 2.29 bits per heavy atom. The smallest absolute Gasteiger partial charge is 0.271 e. The van der Waals surface area contributed by atoms with E-state index >= 15 is 0 Å². The van der Waals surface area contributed by atoms with Crippen molar-refractivity contribution in [3.8, 4) is 5.75 Å². The highest BCUT2D eigenvalue weighted by atomic mass is 35.5. The lowest BCUT2D eigenvalue weighted by Crippen LogP contribution is -2.43. The summed E-state index contributed by atoms with van der Waals surface area (Å²) in [6, 6.07) is 21.7. The van der Waals surface area contributed by atoms with Crippen molar-refractivity contribution in [2.24, 2.45) is 4.99 Å². The van der Waals surface area contributed by atoms with E-state index in [0.29, 0.717) is 56.1 Å². The number of allylic oxidation sites excluding steroid dienone is 1. The third-order valence-corrected chi connectivity index (χ3v) is 8.49. The molecule has 0 aliphatic carbocycles. The van der Waals surface area contributed by atoms with Crippen molar-refractivity contribution in [1.82, 2.24) is 9.47 Å². The first-order valence-corrected chi connectivity index (χ1v) is 14.9. The van der Waals surface area contributed by atoms with Gasteiger partial charge in [0.15, 0.2) is 4.80 Å². The summed E-state index contributed by atoms with van der Waals surface area (Å²) in [5, 5.41) is 1.24. The predicted molar refractivity (Wildman–Crippen MR) is 165 cm³/mol. The van der Waals surface area contributed by atoms with Gasteiger partial charge in [-0.3, -0.25) is 14.2 Å². The van der Waals surface area contributed by atoms with E-state index in [1.165, 1.54) is 11.3 Å². The minimum atomic E-state index is -0.629. The summed E-state index contributed by atoms with van der Waals surface area (Å²) in [6.45, 7) is 7.17. The SMILES string of the molecule is CCN(CC)C(=O)C1=C(C)N=c2s/c(=C/c3ccccc3OCc3ccc(Cl)cc3)c(=O)n2[C@@H]1c1ccc(Cl)cc1. The second-order valence-corrected chi connectivity index (χ2v) is 11.4. The molecule has 0 unspecified atom stereocenters. The number of carbonyl (C=O) groups is 1. The molecule has 5 rings (SSSR count). The number of carbonyl (C=O) groups excluding carboxylic acids is 1. The molecule has 0 spiro atoms. The molecule has 1 atom stereocenters. The van der Waals surface area contributed by atoms with E-state index < -0.39 is 6.04 Å². The highest BCUT2D eigenvalue weighted by Gasteiger charge is 2.34. The maximum absolute atomic E-state index is 14.0. The van der Waals surface area contributed by atoms with Gasteiger partial charge in [-0.25, -0.2) is 4.99 Å². The number of hydrogen-bond donors (Lipinski definition) is 0. The topological polar surface area (TPSA) is 63.9 Å². The summed E-state index contributed by atoms with van der Waals surface area (Å²) in [4.78, 5) is 34.8. The fourth-order valence-electron chi connectivity index (χ4n) is 4.85. The van der Waals surface area contributed by atoms with E-state index in [1.807, 2.05) is 87.5 Å². The Balaban J connectivity index is 1.60. The highest BCUT2D eigenvalue weighted by molar-refractivity contribution is 7.07. The molecule has 1 aliphatic rings. The quantitative estimate of drug-likeness (QED) is 0.248. The summed E-state index contributed by atoms with van der Waals surface area (Å²) < 4.78 is 8.24. The Labute approximate surface area is 252 Å². The molecule has 2 heterocycles. The number of likely N-dealkylation sites (N-methyl/N-ethyl adjacent to an activating group) is 1. The van der Waals surface area contributed by atoms with Gasteiger partial charge >= 0.3 is 0 Å². The molecule has 3 aromatic carbocycles. The molecular formula is C32H29Cl2N3O3S. The van der Waals surface area contributed by atoms with Crippen LogP contribution in [0.1, 0.15) is 43.5 Å². The lowest BCUT2D eigenvalue weighted by molar-refractivity contribution is -0.127. The maximum Gasteiger partial charge on any atom is 0.271 e. The Bertz CT molecular complexity index is 1790. The van der Waals surface area contributed by atoms with Gasteiger partial charge < -0.3 is 9.64 Å². The van der Waals surface area contributed by atoms with Crippen LogP contribution >= 0.6 is 34.5 Å². The number of halogens is 2. The van der Waals surface area contributed by atoms with Gasteiger partial charge in [0, 0.05) is 28.7 Å². The molecule has 4 aromatic rings. The monoisotopic (exact) mass is 605 g/mol. The van der Waals surface area contributed by atoms with Crippen molar-refractivity contribution in [2.45, 2.75) is 33.4 Å². The van der Waals surface area contributed by atoms with Crippen molar-refractivity contribution in [2.75, 3.05) is 13.1 Å². The van der Waals surface area contributed by atoms with Gasteiger partial charge in [0.2, 0.25) is 0 Å². The molecule has 1 amide bonds. The molecule has 41 heavy (non-hydrogen) atoms. The number of ether oxygens (including phenoxy) is 1. The average Bonchev–Trinajstić information content (AvgIpc) is 3.27. The number of aromatic nitrogens is 1. The van der Waals surface area contributed by atoms with Crippen LogP contribution in [-0.4, -0.2) is 28.5 Å². The second kappa shape index (κ2) is 12.5. The lowest BCUT2D eigenvalue weighted by atomic mass is 9.94. The molecule has 0 saturated heterocycles. The first kappa shape index (κ1) is 28.9. The van der Waals surface area contributed by atoms with Gasteiger partial charge in [0.05, 0.1) is 21.8 Å². The third-order valence-electron chi connectivity index (χ3n) is 7.00. The van der Waals surface area contributed by atoms with Crippen molar-refractivity contribution >= 4 is 46.5 Å². The van der Waals surface area contributed by atoms with Gasteiger partial charge in [-0.1, -0.05) is 77.0 Å². The van der Waals surface area contributed by atoms with E-state index in [9.17, 15) is 9.59 Å². The first-order chi connectivity index (χ1) is 19.8. The average molecular weight is 607 g/mol. The van der Waals surface area contributed by atoms with Gasteiger partial charge in [-0.05, 0) is 68.3 Å². The number of para-hydroxylation sites is 1. The largest absolute Gasteiger partial charge is 0.488 e. The maximum atomic E-state index is 14.0. The lowest BCUT2D eigenvalue weighted by Gasteiger charge is -2.29. The summed E-state index contributed by atoms with van der Waals surface area (Å²) in [6.07, 6.45) is 1.82. The summed E-state index contributed by atoms with van der Waals surface area (Å²) in [5.74, 6) is 0.516. The zero-order valence-electron chi connectivity index (χ0n) is 22.9. The molecule has 0 saturated carbocycles. The molecule has 0 N–H and O–H groups in total. The van der Waals surface area contributed by atoms with Crippen LogP contribution in [0.3, 0.4) is 0 Å². The van der Waals surface area contributed by atoms with Gasteiger partial charge in [0.1, 0.15) is 12.4 Å². The Hall–Kier alpha value is -3.65. The van der Waals surface area contributed by atoms with Crippen molar-refractivity contribution in [3.05, 3.63) is 130 Å². The van der Waals surface area contributed by atoms with Crippen LogP contribution < -0.4 is 19.6 Å². The predicted octanol–water partition coefficient (Wildman–Crippen LogP) is 5.99. The van der Waals surface area contributed by atoms with Gasteiger partial charge in [0.25, 0.3) is 11.5 Å². The molecule has 6 nitrogen and oxygen atoms in total. The fraction of sp³-hybridized carbons (Fsp3) is 0.219. The Morgan fingerprint density at radius 2 is 1.63 bits per heavy atom. The number of benzene rings is 3. The number of amides is 1. The summed E-state index contributed by atoms with van der Waals surface area (Å²) in [5.41, 5.74) is 3.40. The van der Waals surface area contributed by atoms with Crippen molar-refractivity contribution in [3.63, 3.8) is 0 Å². The first-order valence-electron chi connectivity index (χ1n) is 13.3. The molecule has 0 fully saturated rings. The van der Waals surface area contributed by atoms with Crippen LogP contribution in [0.4, 0.5) is 0 Å². The number of nitrogens with zero attached hydrogens (tertiary/aromatic N) is 3. The fourth-order valence-corrected chi connectivity index (χ4v) is 6.14. The van der Waals surface area contributed by atoms with E-state index in [4.69, 9.17) is 32.9 Å². The van der Waals surface area contributed by atoms with Crippen LogP contribution in [0.5, 0.6) is 5.75 Å². The van der Waals surface area contributed by atoms with E-state index in [0.717, 1.165) is 16.7 Å². The van der Waals surface area contributed by atoms with Gasteiger partial charge in [-0.2, -0.15) is 0 Å². The second-order valence-electron chi connectivity index (χ2n) is 9.56. The molecule has 210 valence electrons. The van der Waals surface area contributed by atoms with Crippen molar-refractivity contribution < 1.29 is 9.53 Å². The molecule has 0 radical (unpaired) electrons. The number of hydrogen-bond acceptors (Lipinski definition) is 5. The molecule has 1 aromatic heterocycles. The van der Waals surface area contributed by atoms with Crippen LogP contribution in [0, 0.1) is 0 Å². The molecule has 0 bridgehead atoms. The summed E-state index contributed by atoms with van der Waals surface area (Å²) >= 11 is 13.5. The normalized spacial score (nSPS) is 15.0. The highest BCUT2D eigenvalue weighted by Crippen LogP contribution is 2.32. The molecule has 9 heteroatoms. The van der Waals surface area contributed by atoms with Crippen molar-refractivity contribution in [1.29, 1.82) is 0 Å². The van der Waals surface area contributed by atoms with E-state index in [1.54, 1.807) is 21.6 Å². The molecular weight excluding hydrogens is 577 g/mol. The van der Waals surface area contributed by atoms with Gasteiger partial charge in [-0.15, -0.1) is 0 Å². The Morgan fingerprint density at radius 1 is 1.00 bits per heavy atom. The third kappa shape index (κ3) is 6.03. The number of rotatable bonds is 8. The Kier molecular flexibility index (Phi) is 8.78. The van der Waals surface area contributed by atoms with Crippen LogP contribution in [0.2, 0.25) is 10.0 Å². The zero-order chi connectivity index (χ0) is 29.1. The minimum Gasteiger partial charge on any atom is -0.488 e. The summed E-state index contributed by atoms with van der Waals surface area (Å²) in [7, 11) is 0. The number of thiazole rings is 1. The van der Waals surface area contributed by atoms with E-state index in [2.05, 4.69) is 0 Å². The minimum absolute atomic E-state index is 0.133. The molecule has 1 aliphatic heterocycles.